The van der Waals surface area contributed by atoms with Crippen molar-refractivity contribution in [2.75, 3.05) is 10.2 Å². The quantitative estimate of drug-likeness (QED) is 0.262. The highest BCUT2D eigenvalue weighted by Crippen LogP contribution is 2.56. The normalized spacial score (nSPS) is 15.1. The van der Waals surface area contributed by atoms with Gasteiger partial charge in [-0.05, 0) is 95.8 Å². The van der Waals surface area contributed by atoms with Crippen LogP contribution in [0.25, 0.3) is 11.1 Å². The lowest BCUT2D eigenvalue weighted by Crippen LogP contribution is -2.28. The number of para-hydroxylation sites is 2. The Morgan fingerprint density at radius 3 is 1.82 bits per heavy atom. The van der Waals surface area contributed by atoms with Crippen molar-refractivity contribution in [2.24, 2.45) is 0 Å². The van der Waals surface area contributed by atoms with E-state index in [0.717, 1.165) is 17.1 Å². The average molecular weight is 493 g/mol. The van der Waals surface area contributed by atoms with Crippen LogP contribution in [0, 0.1) is 0 Å². The first kappa shape index (κ1) is 22.9. The lowest BCUT2D eigenvalue weighted by molar-refractivity contribution is 0.353. The van der Waals surface area contributed by atoms with E-state index in [-0.39, 0.29) is 5.41 Å². The maximum absolute atomic E-state index is 3.51. The summed E-state index contributed by atoms with van der Waals surface area (Å²) >= 11 is 0. The molecule has 1 spiro atoms. The summed E-state index contributed by atoms with van der Waals surface area (Å²) in [5.41, 5.74) is 11.8. The van der Waals surface area contributed by atoms with Gasteiger partial charge in [0, 0.05) is 33.9 Å². The summed E-state index contributed by atoms with van der Waals surface area (Å²) in [7, 11) is 0. The number of hydrogen-bond donors (Lipinski definition) is 1. The zero-order valence-electron chi connectivity index (χ0n) is 21.6. The number of nitrogens with zero attached hydrogens (tertiary/aromatic N) is 1. The Morgan fingerprint density at radius 2 is 1.05 bits per heavy atom. The van der Waals surface area contributed by atoms with Crippen molar-refractivity contribution in [2.45, 2.75) is 37.5 Å². The van der Waals surface area contributed by atoms with E-state index in [1.165, 1.54) is 65.7 Å². The molecule has 0 radical (unpaired) electrons. The van der Waals surface area contributed by atoms with Crippen molar-refractivity contribution in [1.29, 1.82) is 0 Å². The molecule has 0 bridgehead atoms. The minimum absolute atomic E-state index is 0.145. The van der Waals surface area contributed by atoms with E-state index in [0.29, 0.717) is 0 Å². The Labute approximate surface area is 225 Å². The maximum atomic E-state index is 3.51. The summed E-state index contributed by atoms with van der Waals surface area (Å²) in [6, 6.07) is 46.1. The van der Waals surface area contributed by atoms with Crippen LogP contribution in [0.15, 0.2) is 127 Å². The molecule has 1 N–H and O–H groups in total. The minimum atomic E-state index is 0.145. The Kier molecular flexibility index (Phi) is 5.74. The van der Waals surface area contributed by atoms with E-state index >= 15 is 0 Å². The molecule has 0 unspecified atom stereocenters. The second-order valence-corrected chi connectivity index (χ2v) is 10.6. The summed E-state index contributed by atoms with van der Waals surface area (Å²) in [6.45, 7) is 0. The van der Waals surface area contributed by atoms with Gasteiger partial charge in [0.2, 0.25) is 0 Å². The first-order valence-corrected chi connectivity index (χ1v) is 13.8. The molecule has 5 aromatic rings. The number of rotatable bonds is 5. The molecule has 0 saturated heterocycles. The van der Waals surface area contributed by atoms with Gasteiger partial charge in [0.1, 0.15) is 0 Å². The number of fused-ring (bicyclic) bond motifs is 5. The number of benzene rings is 5. The summed E-state index contributed by atoms with van der Waals surface area (Å²) in [4.78, 5) is 2.39. The van der Waals surface area contributed by atoms with E-state index < -0.39 is 0 Å². The molecule has 1 fully saturated rings. The summed E-state index contributed by atoms with van der Waals surface area (Å²) in [6.07, 6.45) is 6.43. The van der Waals surface area contributed by atoms with Crippen LogP contribution in [0.3, 0.4) is 0 Å². The van der Waals surface area contributed by atoms with E-state index in [1.54, 1.807) is 0 Å². The molecule has 2 aliphatic rings. The van der Waals surface area contributed by atoms with Gasteiger partial charge in [-0.25, -0.2) is 0 Å². The fraction of sp³-hybridized carbons (Fsp3) is 0.167. The van der Waals surface area contributed by atoms with Crippen molar-refractivity contribution in [3.05, 3.63) is 139 Å². The Bertz CT molecular complexity index is 1550. The van der Waals surface area contributed by atoms with Crippen molar-refractivity contribution in [3.63, 3.8) is 0 Å². The molecular formula is C36H32N2. The molecule has 0 amide bonds. The lowest BCUT2D eigenvalue weighted by atomic mass is 9.68. The third-order valence-electron chi connectivity index (χ3n) is 8.42. The molecule has 0 aliphatic heterocycles. The molecule has 1 saturated carbocycles. The maximum Gasteiger partial charge on any atom is 0.0465 e. The van der Waals surface area contributed by atoms with Crippen LogP contribution in [0.4, 0.5) is 28.4 Å². The van der Waals surface area contributed by atoms with E-state index in [1.807, 2.05) is 6.07 Å². The predicted molar refractivity (Wildman–Crippen MR) is 160 cm³/mol. The Balaban J connectivity index is 1.32. The van der Waals surface area contributed by atoms with Crippen LogP contribution in [-0.2, 0) is 5.41 Å². The molecule has 0 heterocycles. The number of hydrogen-bond acceptors (Lipinski definition) is 2. The number of anilines is 5. The second-order valence-electron chi connectivity index (χ2n) is 10.6. The van der Waals surface area contributed by atoms with Gasteiger partial charge in [-0.1, -0.05) is 86.0 Å². The SMILES string of the molecule is c1ccc(Nc2ccc(N(c3ccccc3)c3ccc4c(c3)C3(CCCCC3)c3ccccc3-4)cc2)cc1. The van der Waals surface area contributed by atoms with Crippen LogP contribution < -0.4 is 10.2 Å². The van der Waals surface area contributed by atoms with E-state index in [4.69, 9.17) is 0 Å². The molecule has 0 aromatic heterocycles. The Hall–Kier alpha value is -4.30. The van der Waals surface area contributed by atoms with Gasteiger partial charge in [-0.3, -0.25) is 0 Å². The fourth-order valence-electron chi connectivity index (χ4n) is 6.68. The third-order valence-corrected chi connectivity index (χ3v) is 8.42. The van der Waals surface area contributed by atoms with Gasteiger partial charge >= 0.3 is 0 Å². The van der Waals surface area contributed by atoms with Crippen LogP contribution >= 0.6 is 0 Å². The van der Waals surface area contributed by atoms with Gasteiger partial charge in [0.25, 0.3) is 0 Å². The standard InChI is InChI=1S/C36H32N2/c1-4-12-27(13-5-1)37-28-18-20-30(21-19-28)38(29-14-6-2-7-15-29)31-22-23-33-32-16-8-9-17-34(32)36(35(33)26-31)24-10-3-11-25-36/h1-2,4-9,12-23,26,37H,3,10-11,24-25H2. The molecule has 2 heteroatoms. The molecule has 186 valence electrons. The van der Waals surface area contributed by atoms with Crippen molar-refractivity contribution < 1.29 is 0 Å². The first-order valence-electron chi connectivity index (χ1n) is 13.8. The largest absolute Gasteiger partial charge is 0.356 e. The summed E-state index contributed by atoms with van der Waals surface area (Å²) in [5, 5.41) is 3.51. The summed E-state index contributed by atoms with van der Waals surface area (Å²) < 4.78 is 0. The molecule has 2 nitrogen and oxygen atoms in total. The zero-order chi connectivity index (χ0) is 25.4. The smallest absolute Gasteiger partial charge is 0.0465 e. The fourth-order valence-corrected chi connectivity index (χ4v) is 6.68. The molecule has 2 aliphatic carbocycles. The monoisotopic (exact) mass is 492 g/mol. The van der Waals surface area contributed by atoms with Crippen molar-refractivity contribution in [1.82, 2.24) is 0 Å². The van der Waals surface area contributed by atoms with Crippen molar-refractivity contribution >= 4 is 28.4 Å². The topological polar surface area (TPSA) is 15.3 Å². The average Bonchev–Trinajstić information content (AvgIpc) is 3.24. The molecular weight excluding hydrogens is 460 g/mol. The Morgan fingerprint density at radius 1 is 0.474 bits per heavy atom. The zero-order valence-corrected chi connectivity index (χ0v) is 21.6. The van der Waals surface area contributed by atoms with Crippen LogP contribution in [-0.4, -0.2) is 0 Å². The van der Waals surface area contributed by atoms with Crippen LogP contribution in [0.5, 0.6) is 0 Å². The van der Waals surface area contributed by atoms with Gasteiger partial charge in [-0.15, -0.1) is 0 Å². The summed E-state index contributed by atoms with van der Waals surface area (Å²) in [5.74, 6) is 0. The van der Waals surface area contributed by atoms with Gasteiger partial charge < -0.3 is 10.2 Å². The third kappa shape index (κ3) is 3.88. The van der Waals surface area contributed by atoms with Crippen LogP contribution in [0.2, 0.25) is 0 Å². The molecule has 7 rings (SSSR count). The molecule has 38 heavy (non-hydrogen) atoms. The highest BCUT2D eigenvalue weighted by molar-refractivity contribution is 5.86. The first-order chi connectivity index (χ1) is 18.8. The predicted octanol–water partition coefficient (Wildman–Crippen LogP) is 10.1. The van der Waals surface area contributed by atoms with Gasteiger partial charge in [0.15, 0.2) is 0 Å². The van der Waals surface area contributed by atoms with Crippen LogP contribution in [0.1, 0.15) is 43.2 Å². The second kappa shape index (κ2) is 9.54. The van der Waals surface area contributed by atoms with Crippen molar-refractivity contribution in [3.8, 4) is 11.1 Å². The van der Waals surface area contributed by atoms with E-state index in [9.17, 15) is 0 Å². The van der Waals surface area contributed by atoms with Gasteiger partial charge in [0.05, 0.1) is 0 Å². The van der Waals surface area contributed by atoms with Gasteiger partial charge in [-0.2, -0.15) is 0 Å². The highest BCUT2D eigenvalue weighted by Gasteiger charge is 2.43. The minimum Gasteiger partial charge on any atom is -0.356 e. The van der Waals surface area contributed by atoms with E-state index in [2.05, 4.69) is 132 Å². The molecule has 5 aromatic carbocycles. The highest BCUT2D eigenvalue weighted by atomic mass is 15.1. The molecule has 0 atom stereocenters. The lowest BCUT2D eigenvalue weighted by Gasteiger charge is -2.36. The number of nitrogens with one attached hydrogen (secondary N) is 1.